The van der Waals surface area contributed by atoms with Crippen LogP contribution in [0.1, 0.15) is 47.0 Å². The average molecular weight is 336 g/mol. The number of thiophene rings is 1. The minimum atomic E-state index is -1.21. The number of carboxylic acids is 1. The van der Waals surface area contributed by atoms with Gasteiger partial charge < -0.3 is 16.2 Å². The highest BCUT2D eigenvalue weighted by Gasteiger charge is 2.28. The molecule has 1 aromatic heterocycles. The largest absolute Gasteiger partial charge is 0.478 e. The quantitative estimate of drug-likeness (QED) is 0.693. The maximum Gasteiger partial charge on any atom is 0.328 e. The first-order valence-corrected chi connectivity index (χ1v) is 8.40. The molecule has 7 heteroatoms. The molecule has 0 fully saturated rings. The lowest BCUT2D eigenvalue weighted by Crippen LogP contribution is -2.19. The molecule has 1 aromatic rings. The molecule has 0 spiro atoms. The number of fused-ring (bicyclic) bond motifs is 1. The second-order valence-corrected chi connectivity index (χ2v) is 6.74. The van der Waals surface area contributed by atoms with Crippen LogP contribution in [0, 0.1) is 5.92 Å². The highest BCUT2D eigenvalue weighted by atomic mass is 32.1. The van der Waals surface area contributed by atoms with Crippen molar-refractivity contribution in [1.29, 1.82) is 0 Å². The van der Waals surface area contributed by atoms with Gasteiger partial charge in [0.25, 0.3) is 5.91 Å². The summed E-state index contributed by atoms with van der Waals surface area (Å²) >= 11 is 1.37. The smallest absolute Gasteiger partial charge is 0.328 e. The number of nitrogens with one attached hydrogen (secondary N) is 1. The Morgan fingerprint density at radius 1 is 1.39 bits per heavy atom. The van der Waals surface area contributed by atoms with Gasteiger partial charge in [-0.2, -0.15) is 0 Å². The molecule has 0 aliphatic heterocycles. The zero-order chi connectivity index (χ0) is 17.0. The Hall–Kier alpha value is -2.15. The van der Waals surface area contributed by atoms with E-state index in [1.807, 2.05) is 0 Å². The maximum atomic E-state index is 11.8. The number of carbonyl (C=O) groups excluding carboxylic acids is 2. The zero-order valence-electron chi connectivity index (χ0n) is 12.9. The molecular formula is C16H20N2O4S. The minimum absolute atomic E-state index is 0.372. The molecule has 4 N–H and O–H groups in total. The number of carbonyl (C=O) groups is 3. The molecule has 2 amide bonds. The molecule has 1 heterocycles. The standard InChI is InChI=1S/C16H20N2O4S/c1-2-3-9-4-5-10-11(8-9)23-16(14(10)15(17)22)18-12(19)6-7-13(20)21/h6-7,9H,2-5,8H2,1H3,(H2,17,22)(H,18,19)(H,20,21). The van der Waals surface area contributed by atoms with Gasteiger partial charge in [-0.05, 0) is 30.7 Å². The molecule has 0 bridgehead atoms. The van der Waals surface area contributed by atoms with E-state index >= 15 is 0 Å². The van der Waals surface area contributed by atoms with Crippen LogP contribution in [0.15, 0.2) is 12.2 Å². The number of carboxylic acid groups (broad SMARTS) is 1. The number of aliphatic carboxylic acids is 1. The van der Waals surface area contributed by atoms with Gasteiger partial charge in [0, 0.05) is 17.0 Å². The Bertz CT molecular complexity index is 663. The van der Waals surface area contributed by atoms with Gasteiger partial charge in [-0.25, -0.2) is 4.79 Å². The van der Waals surface area contributed by atoms with Gasteiger partial charge in [-0.3, -0.25) is 9.59 Å². The summed E-state index contributed by atoms with van der Waals surface area (Å²) < 4.78 is 0. The van der Waals surface area contributed by atoms with Crippen molar-refractivity contribution in [2.45, 2.75) is 39.0 Å². The van der Waals surface area contributed by atoms with Crippen molar-refractivity contribution in [1.82, 2.24) is 0 Å². The van der Waals surface area contributed by atoms with Gasteiger partial charge in [-0.15, -0.1) is 11.3 Å². The van der Waals surface area contributed by atoms with Crippen molar-refractivity contribution in [2.24, 2.45) is 11.7 Å². The van der Waals surface area contributed by atoms with Gasteiger partial charge in [0.2, 0.25) is 5.91 Å². The number of hydrogen-bond donors (Lipinski definition) is 3. The van der Waals surface area contributed by atoms with Crippen LogP contribution in [0.5, 0.6) is 0 Å². The molecule has 23 heavy (non-hydrogen) atoms. The summed E-state index contributed by atoms with van der Waals surface area (Å²) in [5.74, 6) is -1.75. The first-order chi connectivity index (χ1) is 10.9. The number of rotatable bonds is 6. The van der Waals surface area contributed by atoms with Crippen molar-refractivity contribution < 1.29 is 19.5 Å². The molecule has 124 valence electrons. The molecule has 0 radical (unpaired) electrons. The van der Waals surface area contributed by atoms with Gasteiger partial charge in [-0.1, -0.05) is 19.8 Å². The summed E-state index contributed by atoms with van der Waals surface area (Å²) in [6, 6.07) is 0. The third-order valence-electron chi connectivity index (χ3n) is 3.92. The Labute approximate surface area is 138 Å². The molecule has 6 nitrogen and oxygen atoms in total. The molecule has 0 saturated carbocycles. The van der Waals surface area contributed by atoms with Gasteiger partial charge >= 0.3 is 5.97 Å². The fourth-order valence-electron chi connectivity index (χ4n) is 2.96. The highest BCUT2D eigenvalue weighted by Crippen LogP contribution is 2.40. The summed E-state index contributed by atoms with van der Waals surface area (Å²) in [6.07, 6.45) is 6.65. The summed E-state index contributed by atoms with van der Waals surface area (Å²) in [4.78, 5) is 35.1. The van der Waals surface area contributed by atoms with Crippen molar-refractivity contribution >= 4 is 34.1 Å². The third-order valence-corrected chi connectivity index (χ3v) is 5.09. The van der Waals surface area contributed by atoms with E-state index in [0.29, 0.717) is 16.5 Å². The summed E-state index contributed by atoms with van der Waals surface area (Å²) in [5.41, 5.74) is 6.79. The van der Waals surface area contributed by atoms with Crippen molar-refractivity contribution in [3.05, 3.63) is 28.2 Å². The Morgan fingerprint density at radius 2 is 2.13 bits per heavy atom. The van der Waals surface area contributed by atoms with Crippen LogP contribution < -0.4 is 11.1 Å². The molecule has 0 saturated heterocycles. The van der Waals surface area contributed by atoms with Gasteiger partial charge in [0.05, 0.1) is 5.56 Å². The molecular weight excluding hydrogens is 316 g/mol. The van der Waals surface area contributed by atoms with Crippen LogP contribution in [0.3, 0.4) is 0 Å². The van der Waals surface area contributed by atoms with Crippen LogP contribution in [0.2, 0.25) is 0 Å². The fraction of sp³-hybridized carbons (Fsp3) is 0.438. The van der Waals surface area contributed by atoms with Gasteiger partial charge in [0.15, 0.2) is 0 Å². The van der Waals surface area contributed by atoms with E-state index in [2.05, 4.69) is 12.2 Å². The first kappa shape index (κ1) is 17.2. The summed E-state index contributed by atoms with van der Waals surface area (Å²) in [7, 11) is 0. The lowest BCUT2D eigenvalue weighted by Gasteiger charge is -2.21. The Balaban J connectivity index is 2.25. The Kier molecular flexibility index (Phi) is 5.54. The molecule has 1 atom stereocenters. The van der Waals surface area contributed by atoms with E-state index in [4.69, 9.17) is 10.8 Å². The number of amides is 2. The zero-order valence-corrected chi connectivity index (χ0v) is 13.7. The lowest BCUT2D eigenvalue weighted by molar-refractivity contribution is -0.131. The van der Waals surface area contributed by atoms with E-state index in [1.165, 1.54) is 11.3 Å². The molecule has 1 aliphatic carbocycles. The highest BCUT2D eigenvalue weighted by molar-refractivity contribution is 7.17. The van der Waals surface area contributed by atoms with Crippen LogP contribution in [0.4, 0.5) is 5.00 Å². The predicted molar refractivity (Wildman–Crippen MR) is 88.7 cm³/mol. The topological polar surface area (TPSA) is 109 Å². The summed E-state index contributed by atoms with van der Waals surface area (Å²) in [6.45, 7) is 2.15. The normalized spacial score (nSPS) is 17.0. The van der Waals surface area contributed by atoms with Crippen LogP contribution in [0.25, 0.3) is 0 Å². The van der Waals surface area contributed by atoms with E-state index in [9.17, 15) is 14.4 Å². The minimum Gasteiger partial charge on any atom is -0.478 e. The number of anilines is 1. The Morgan fingerprint density at radius 3 is 2.74 bits per heavy atom. The number of primary amides is 1. The molecule has 0 aromatic carbocycles. The second kappa shape index (κ2) is 7.41. The molecule has 2 rings (SSSR count). The van der Waals surface area contributed by atoms with Crippen molar-refractivity contribution in [3.8, 4) is 0 Å². The lowest BCUT2D eigenvalue weighted by atomic mass is 9.84. The summed E-state index contributed by atoms with van der Waals surface area (Å²) in [5, 5.41) is 11.5. The number of hydrogen-bond acceptors (Lipinski definition) is 4. The predicted octanol–water partition coefficient (Wildman–Crippen LogP) is 2.33. The van der Waals surface area contributed by atoms with E-state index in [1.54, 1.807) is 0 Å². The SMILES string of the molecule is CCCC1CCc2c(sc(NC(=O)C=CC(=O)O)c2C(N)=O)C1. The fourth-order valence-corrected chi connectivity index (χ4v) is 4.33. The van der Waals surface area contributed by atoms with Crippen LogP contribution >= 0.6 is 11.3 Å². The van der Waals surface area contributed by atoms with E-state index in [0.717, 1.165) is 54.7 Å². The van der Waals surface area contributed by atoms with E-state index < -0.39 is 17.8 Å². The average Bonchev–Trinajstić information content (AvgIpc) is 2.82. The van der Waals surface area contributed by atoms with Crippen LogP contribution in [-0.4, -0.2) is 22.9 Å². The second-order valence-electron chi connectivity index (χ2n) is 5.63. The van der Waals surface area contributed by atoms with E-state index in [-0.39, 0.29) is 0 Å². The van der Waals surface area contributed by atoms with Gasteiger partial charge in [0.1, 0.15) is 5.00 Å². The maximum absolute atomic E-state index is 11.8. The molecule has 1 aliphatic rings. The number of nitrogens with two attached hydrogens (primary N) is 1. The van der Waals surface area contributed by atoms with Crippen LogP contribution in [-0.2, 0) is 22.4 Å². The molecule has 1 unspecified atom stereocenters. The monoisotopic (exact) mass is 336 g/mol. The van der Waals surface area contributed by atoms with Crippen molar-refractivity contribution in [2.75, 3.05) is 5.32 Å². The van der Waals surface area contributed by atoms with Crippen molar-refractivity contribution in [3.63, 3.8) is 0 Å². The first-order valence-electron chi connectivity index (χ1n) is 7.58. The third kappa shape index (κ3) is 4.19.